The molecule has 1 aromatic rings. The van der Waals surface area contributed by atoms with Crippen LogP contribution >= 0.6 is 0 Å². The summed E-state index contributed by atoms with van der Waals surface area (Å²) in [6.45, 7) is 2.70. The van der Waals surface area contributed by atoms with E-state index in [1.54, 1.807) is 18.5 Å². The summed E-state index contributed by atoms with van der Waals surface area (Å²) >= 11 is 0. The number of anilines is 1. The molecule has 2 aliphatic rings. The lowest BCUT2D eigenvalue weighted by Gasteiger charge is -2.37. The summed E-state index contributed by atoms with van der Waals surface area (Å²) < 4.78 is 22.9. The maximum Gasteiger partial charge on any atom is 0.225 e. The Balaban J connectivity index is 1.54. The number of amides is 1. The van der Waals surface area contributed by atoms with E-state index < -0.39 is 9.84 Å². The highest BCUT2D eigenvalue weighted by Gasteiger charge is 2.32. The number of carbonyl (C=O) groups is 1. The first-order chi connectivity index (χ1) is 10.6. The molecule has 2 fully saturated rings. The SMILES string of the molecule is O=C(C1CCS(=O)(=O)CC1)N1CCN(c2ncccn2)CC1. The maximum atomic E-state index is 12.5. The molecule has 0 radical (unpaired) electrons. The molecule has 2 saturated heterocycles. The molecule has 0 saturated carbocycles. The molecule has 8 heteroatoms. The molecule has 0 N–H and O–H groups in total. The van der Waals surface area contributed by atoms with Crippen LogP contribution in [0.15, 0.2) is 18.5 Å². The van der Waals surface area contributed by atoms with Crippen LogP contribution in [0.25, 0.3) is 0 Å². The summed E-state index contributed by atoms with van der Waals surface area (Å²) in [4.78, 5) is 24.8. The predicted molar refractivity (Wildman–Crippen MR) is 82.2 cm³/mol. The zero-order valence-electron chi connectivity index (χ0n) is 12.4. The molecule has 1 aromatic heterocycles. The molecular weight excluding hydrogens is 304 g/mol. The highest BCUT2D eigenvalue weighted by atomic mass is 32.2. The van der Waals surface area contributed by atoms with Gasteiger partial charge in [-0.2, -0.15) is 0 Å². The molecule has 3 heterocycles. The molecule has 0 bridgehead atoms. The second-order valence-corrected chi connectivity index (χ2v) is 8.09. The lowest BCUT2D eigenvalue weighted by Crippen LogP contribution is -2.51. The van der Waals surface area contributed by atoms with E-state index in [1.807, 2.05) is 4.90 Å². The summed E-state index contributed by atoms with van der Waals surface area (Å²) in [6.07, 6.45) is 4.34. The standard InChI is InChI=1S/C14H20N4O3S/c19-13(12-2-10-22(20,21)11-3-12)17-6-8-18(9-7-17)14-15-4-1-5-16-14/h1,4-5,12H,2-3,6-11H2. The van der Waals surface area contributed by atoms with Crippen LogP contribution in [-0.4, -0.2) is 66.9 Å². The summed E-state index contributed by atoms with van der Waals surface area (Å²) in [6, 6.07) is 1.78. The molecule has 0 atom stereocenters. The van der Waals surface area contributed by atoms with E-state index in [0.717, 1.165) is 0 Å². The Morgan fingerprint density at radius 1 is 1.05 bits per heavy atom. The molecule has 0 aromatic carbocycles. The first kappa shape index (κ1) is 15.2. The van der Waals surface area contributed by atoms with Crippen LogP contribution in [0.2, 0.25) is 0 Å². The van der Waals surface area contributed by atoms with Gasteiger partial charge in [-0.05, 0) is 18.9 Å². The predicted octanol–water partition coefficient (Wildman–Crippen LogP) is -0.0500. The Labute approximate surface area is 130 Å². The van der Waals surface area contributed by atoms with E-state index in [9.17, 15) is 13.2 Å². The molecular formula is C14H20N4O3S. The fraction of sp³-hybridized carbons (Fsp3) is 0.643. The van der Waals surface area contributed by atoms with E-state index in [1.165, 1.54) is 0 Å². The van der Waals surface area contributed by atoms with Crippen LogP contribution in [0, 0.1) is 5.92 Å². The van der Waals surface area contributed by atoms with Crippen LogP contribution < -0.4 is 4.90 Å². The van der Waals surface area contributed by atoms with Crippen molar-refractivity contribution in [1.82, 2.24) is 14.9 Å². The Bertz CT molecular complexity index is 613. The van der Waals surface area contributed by atoms with Crippen LogP contribution in [0.1, 0.15) is 12.8 Å². The van der Waals surface area contributed by atoms with Gasteiger partial charge < -0.3 is 9.80 Å². The third-order valence-corrected chi connectivity index (χ3v) is 6.05. The van der Waals surface area contributed by atoms with E-state index >= 15 is 0 Å². The normalized spacial score (nSPS) is 22.5. The third kappa shape index (κ3) is 3.37. The van der Waals surface area contributed by atoms with Gasteiger partial charge in [0, 0.05) is 44.5 Å². The molecule has 0 aliphatic carbocycles. The zero-order valence-corrected chi connectivity index (χ0v) is 13.2. The number of aromatic nitrogens is 2. The van der Waals surface area contributed by atoms with Gasteiger partial charge in [0.15, 0.2) is 0 Å². The number of hydrogen-bond donors (Lipinski definition) is 0. The van der Waals surface area contributed by atoms with Gasteiger partial charge in [0.25, 0.3) is 0 Å². The lowest BCUT2D eigenvalue weighted by atomic mass is 10.0. The van der Waals surface area contributed by atoms with E-state index in [-0.39, 0.29) is 23.3 Å². The first-order valence-corrected chi connectivity index (χ1v) is 9.38. The van der Waals surface area contributed by atoms with Gasteiger partial charge in [-0.3, -0.25) is 4.79 Å². The van der Waals surface area contributed by atoms with Crippen molar-refractivity contribution in [3.8, 4) is 0 Å². The number of piperazine rings is 1. The van der Waals surface area contributed by atoms with Gasteiger partial charge in [0.2, 0.25) is 11.9 Å². The summed E-state index contributed by atoms with van der Waals surface area (Å²) in [5.74, 6) is 0.938. The number of carbonyl (C=O) groups excluding carboxylic acids is 1. The Morgan fingerprint density at radius 2 is 1.64 bits per heavy atom. The third-order valence-electron chi connectivity index (χ3n) is 4.33. The highest BCUT2D eigenvalue weighted by Crippen LogP contribution is 2.22. The Hall–Kier alpha value is -1.70. The minimum Gasteiger partial charge on any atom is -0.339 e. The Kier molecular flexibility index (Phi) is 4.28. The molecule has 1 amide bonds. The monoisotopic (exact) mass is 324 g/mol. The smallest absolute Gasteiger partial charge is 0.225 e. The zero-order chi connectivity index (χ0) is 15.6. The maximum absolute atomic E-state index is 12.5. The topological polar surface area (TPSA) is 83.5 Å². The van der Waals surface area contributed by atoms with Crippen molar-refractivity contribution in [3.05, 3.63) is 18.5 Å². The highest BCUT2D eigenvalue weighted by molar-refractivity contribution is 7.91. The molecule has 3 rings (SSSR count). The second kappa shape index (κ2) is 6.20. The molecule has 22 heavy (non-hydrogen) atoms. The molecule has 0 unspecified atom stereocenters. The first-order valence-electron chi connectivity index (χ1n) is 7.56. The van der Waals surface area contributed by atoms with Gasteiger partial charge in [0.05, 0.1) is 11.5 Å². The number of hydrogen-bond acceptors (Lipinski definition) is 6. The van der Waals surface area contributed by atoms with E-state index in [2.05, 4.69) is 14.9 Å². The van der Waals surface area contributed by atoms with E-state index in [0.29, 0.717) is 45.0 Å². The van der Waals surface area contributed by atoms with Crippen molar-refractivity contribution in [2.24, 2.45) is 5.92 Å². The average Bonchev–Trinajstić information content (AvgIpc) is 2.55. The minimum absolute atomic E-state index is 0.100. The van der Waals surface area contributed by atoms with Crippen LogP contribution in [-0.2, 0) is 14.6 Å². The minimum atomic E-state index is -2.92. The summed E-state index contributed by atoms with van der Waals surface area (Å²) in [5, 5.41) is 0. The van der Waals surface area contributed by atoms with Gasteiger partial charge in [-0.1, -0.05) is 0 Å². The number of nitrogens with zero attached hydrogens (tertiary/aromatic N) is 4. The van der Waals surface area contributed by atoms with Gasteiger partial charge in [0.1, 0.15) is 9.84 Å². The quantitative estimate of drug-likeness (QED) is 0.758. The average molecular weight is 324 g/mol. The largest absolute Gasteiger partial charge is 0.339 e. The van der Waals surface area contributed by atoms with Crippen molar-refractivity contribution >= 4 is 21.7 Å². The van der Waals surface area contributed by atoms with Crippen molar-refractivity contribution < 1.29 is 13.2 Å². The number of rotatable bonds is 2. The lowest BCUT2D eigenvalue weighted by molar-refractivity contribution is -0.136. The molecule has 120 valence electrons. The van der Waals surface area contributed by atoms with Crippen LogP contribution in [0.3, 0.4) is 0 Å². The van der Waals surface area contributed by atoms with Gasteiger partial charge >= 0.3 is 0 Å². The summed E-state index contributed by atoms with van der Waals surface area (Å²) in [5.41, 5.74) is 0. The van der Waals surface area contributed by atoms with Crippen molar-refractivity contribution in [1.29, 1.82) is 0 Å². The molecule has 0 spiro atoms. The van der Waals surface area contributed by atoms with Crippen molar-refractivity contribution in [2.75, 3.05) is 42.6 Å². The van der Waals surface area contributed by atoms with Gasteiger partial charge in [-0.25, -0.2) is 18.4 Å². The van der Waals surface area contributed by atoms with Crippen LogP contribution in [0.4, 0.5) is 5.95 Å². The van der Waals surface area contributed by atoms with Crippen molar-refractivity contribution in [3.63, 3.8) is 0 Å². The Morgan fingerprint density at radius 3 is 2.23 bits per heavy atom. The van der Waals surface area contributed by atoms with Gasteiger partial charge in [-0.15, -0.1) is 0 Å². The van der Waals surface area contributed by atoms with E-state index in [4.69, 9.17) is 0 Å². The van der Waals surface area contributed by atoms with Crippen LogP contribution in [0.5, 0.6) is 0 Å². The molecule has 7 nitrogen and oxygen atoms in total. The second-order valence-electron chi connectivity index (χ2n) is 5.79. The van der Waals surface area contributed by atoms with Crippen molar-refractivity contribution in [2.45, 2.75) is 12.8 Å². The fourth-order valence-electron chi connectivity index (χ4n) is 2.98. The molecule has 2 aliphatic heterocycles. The number of sulfone groups is 1. The fourth-order valence-corrected chi connectivity index (χ4v) is 4.47. The summed E-state index contributed by atoms with van der Waals surface area (Å²) in [7, 11) is -2.92.